The molecule has 1 fully saturated rings. The molecule has 0 aromatic heterocycles. The van der Waals surface area contributed by atoms with Crippen LogP contribution < -0.4 is 10.6 Å². The van der Waals surface area contributed by atoms with Gasteiger partial charge in [0.1, 0.15) is 5.60 Å². The first kappa shape index (κ1) is 21.4. The maximum atomic E-state index is 12.9. The summed E-state index contributed by atoms with van der Waals surface area (Å²) in [4.78, 5) is 12.9. The van der Waals surface area contributed by atoms with Crippen LogP contribution in [0.2, 0.25) is 0 Å². The van der Waals surface area contributed by atoms with Gasteiger partial charge in [0.25, 0.3) is 5.91 Å². The summed E-state index contributed by atoms with van der Waals surface area (Å²) in [6.07, 6.45) is 2.32. The molecule has 1 saturated heterocycles. The Labute approximate surface area is 168 Å². The number of hydrogen-bond donors (Lipinski definition) is 2. The van der Waals surface area contributed by atoms with Crippen LogP contribution in [0.25, 0.3) is 0 Å². The Morgan fingerprint density at radius 3 is 2.26 bits per heavy atom. The topological polar surface area (TPSA) is 50.4 Å². The van der Waals surface area contributed by atoms with Gasteiger partial charge in [0, 0.05) is 19.6 Å². The van der Waals surface area contributed by atoms with Crippen molar-refractivity contribution in [3.8, 4) is 0 Å². The highest BCUT2D eigenvalue weighted by Crippen LogP contribution is 2.24. The molecular weight excluding hydrogens is 360 g/mol. The van der Waals surface area contributed by atoms with Gasteiger partial charge in [0.15, 0.2) is 0 Å². The van der Waals surface area contributed by atoms with Crippen LogP contribution >= 0.6 is 12.4 Å². The van der Waals surface area contributed by atoms with Gasteiger partial charge in [-0.25, -0.2) is 0 Å². The zero-order chi connectivity index (χ0) is 18.2. The second-order valence-corrected chi connectivity index (χ2v) is 6.96. The van der Waals surface area contributed by atoms with Crippen LogP contribution in [-0.4, -0.2) is 38.3 Å². The van der Waals surface area contributed by atoms with E-state index in [1.165, 1.54) is 11.1 Å². The normalized spacial score (nSPS) is 16.8. The van der Waals surface area contributed by atoms with Crippen LogP contribution in [0.1, 0.15) is 29.9 Å². The molecule has 0 aliphatic carbocycles. The Morgan fingerprint density at radius 1 is 1.07 bits per heavy atom. The molecule has 2 aromatic carbocycles. The molecule has 0 saturated carbocycles. The van der Waals surface area contributed by atoms with Crippen LogP contribution in [-0.2, 0) is 16.0 Å². The molecule has 5 heteroatoms. The molecule has 2 aromatic rings. The Bertz CT molecular complexity index is 688. The number of hydrogen-bond acceptors (Lipinski definition) is 3. The number of halogens is 1. The van der Waals surface area contributed by atoms with Crippen LogP contribution in [0.15, 0.2) is 60.7 Å². The highest BCUT2D eigenvalue weighted by molar-refractivity contribution is 5.85. The van der Waals surface area contributed by atoms with E-state index in [1.807, 2.05) is 12.1 Å². The quantitative estimate of drug-likeness (QED) is 0.765. The van der Waals surface area contributed by atoms with Gasteiger partial charge in [0.2, 0.25) is 0 Å². The van der Waals surface area contributed by atoms with Crippen LogP contribution in [0.3, 0.4) is 0 Å². The fourth-order valence-electron chi connectivity index (χ4n) is 3.66. The number of benzene rings is 2. The summed E-state index contributed by atoms with van der Waals surface area (Å²) in [5.74, 6) is 0.244. The van der Waals surface area contributed by atoms with Gasteiger partial charge in [-0.1, -0.05) is 60.7 Å². The predicted octanol–water partition coefficient (Wildman–Crippen LogP) is 3.32. The first-order chi connectivity index (χ1) is 12.7. The Morgan fingerprint density at radius 2 is 1.67 bits per heavy atom. The van der Waals surface area contributed by atoms with Crippen molar-refractivity contribution in [3.63, 3.8) is 0 Å². The third-order valence-electron chi connectivity index (χ3n) is 5.32. The second kappa shape index (κ2) is 10.5. The number of ether oxygens (including phenoxy) is 1. The summed E-state index contributed by atoms with van der Waals surface area (Å²) in [5, 5.41) is 6.46. The third-order valence-corrected chi connectivity index (χ3v) is 5.32. The standard InChI is InChI=1S/C22H28N2O2.ClH/c1-26-22(12-14-23-15-13-22)21(25)24-17-20(19-10-6-3-7-11-19)16-18-8-4-2-5-9-18;/h2-11,20,23H,12-17H2,1H3,(H,24,25);1H. The minimum absolute atomic E-state index is 0. The smallest absolute Gasteiger partial charge is 0.252 e. The lowest BCUT2D eigenvalue weighted by atomic mass is 9.89. The van der Waals surface area contributed by atoms with Crippen molar-refractivity contribution in [3.05, 3.63) is 71.8 Å². The Hall–Kier alpha value is -1.88. The first-order valence-corrected chi connectivity index (χ1v) is 9.36. The lowest BCUT2D eigenvalue weighted by molar-refractivity contribution is -0.146. The molecule has 1 aliphatic heterocycles. The van der Waals surface area contributed by atoms with E-state index in [-0.39, 0.29) is 24.2 Å². The van der Waals surface area contributed by atoms with Crippen molar-refractivity contribution in [1.29, 1.82) is 0 Å². The fourth-order valence-corrected chi connectivity index (χ4v) is 3.66. The average Bonchev–Trinajstić information content (AvgIpc) is 2.72. The molecular formula is C22H29ClN2O2. The third kappa shape index (κ3) is 5.55. The number of amides is 1. The van der Waals surface area contributed by atoms with Crippen molar-refractivity contribution >= 4 is 18.3 Å². The van der Waals surface area contributed by atoms with Crippen molar-refractivity contribution in [2.24, 2.45) is 0 Å². The van der Waals surface area contributed by atoms with Gasteiger partial charge in [0.05, 0.1) is 0 Å². The summed E-state index contributed by atoms with van der Waals surface area (Å²) in [7, 11) is 1.64. The maximum absolute atomic E-state index is 12.9. The van der Waals surface area contributed by atoms with Gasteiger partial charge in [-0.3, -0.25) is 4.79 Å². The van der Waals surface area contributed by atoms with E-state index in [1.54, 1.807) is 7.11 Å². The number of rotatable bonds is 7. The molecule has 0 radical (unpaired) electrons. The Balaban J connectivity index is 0.00000261. The molecule has 1 amide bonds. The number of carbonyl (C=O) groups is 1. The summed E-state index contributed by atoms with van der Waals surface area (Å²) < 4.78 is 5.64. The lowest BCUT2D eigenvalue weighted by Crippen LogP contribution is -2.54. The summed E-state index contributed by atoms with van der Waals surface area (Å²) in [5.41, 5.74) is 1.83. The summed E-state index contributed by atoms with van der Waals surface area (Å²) in [6.45, 7) is 2.23. The molecule has 4 nitrogen and oxygen atoms in total. The van der Waals surface area contributed by atoms with E-state index < -0.39 is 5.60 Å². The van der Waals surface area contributed by atoms with E-state index >= 15 is 0 Å². The first-order valence-electron chi connectivity index (χ1n) is 9.36. The lowest BCUT2D eigenvalue weighted by Gasteiger charge is -2.35. The molecule has 1 aliphatic rings. The molecule has 146 valence electrons. The van der Waals surface area contributed by atoms with E-state index in [0.717, 1.165) is 19.5 Å². The predicted molar refractivity (Wildman–Crippen MR) is 111 cm³/mol. The van der Waals surface area contributed by atoms with E-state index in [4.69, 9.17) is 4.74 Å². The minimum atomic E-state index is -0.695. The SMILES string of the molecule is COC1(C(=O)NCC(Cc2ccccc2)c2ccccc2)CCNCC1.Cl. The molecule has 1 atom stereocenters. The number of nitrogens with one attached hydrogen (secondary N) is 2. The van der Waals surface area contributed by atoms with Crippen LogP contribution in [0.4, 0.5) is 0 Å². The highest BCUT2D eigenvalue weighted by Gasteiger charge is 2.39. The van der Waals surface area contributed by atoms with Crippen LogP contribution in [0, 0.1) is 0 Å². The summed E-state index contributed by atoms with van der Waals surface area (Å²) in [6, 6.07) is 20.8. The summed E-state index contributed by atoms with van der Waals surface area (Å²) >= 11 is 0. The van der Waals surface area contributed by atoms with E-state index in [0.29, 0.717) is 19.4 Å². The fraction of sp³-hybridized carbons (Fsp3) is 0.409. The largest absolute Gasteiger partial charge is 0.368 e. The van der Waals surface area contributed by atoms with Crippen molar-refractivity contribution in [2.75, 3.05) is 26.7 Å². The van der Waals surface area contributed by atoms with Crippen molar-refractivity contribution in [2.45, 2.75) is 30.8 Å². The van der Waals surface area contributed by atoms with Gasteiger partial charge in [-0.05, 0) is 43.5 Å². The maximum Gasteiger partial charge on any atom is 0.252 e. The molecule has 3 rings (SSSR count). The van der Waals surface area contributed by atoms with E-state index in [2.05, 4.69) is 59.2 Å². The zero-order valence-electron chi connectivity index (χ0n) is 15.8. The molecule has 0 bridgehead atoms. The molecule has 1 heterocycles. The number of methoxy groups -OCH3 is 1. The average molecular weight is 389 g/mol. The van der Waals surface area contributed by atoms with Crippen molar-refractivity contribution < 1.29 is 9.53 Å². The molecule has 1 unspecified atom stereocenters. The van der Waals surface area contributed by atoms with Gasteiger partial charge in [-0.2, -0.15) is 0 Å². The monoisotopic (exact) mass is 388 g/mol. The van der Waals surface area contributed by atoms with Gasteiger partial charge in [-0.15, -0.1) is 12.4 Å². The number of carbonyl (C=O) groups excluding carboxylic acids is 1. The minimum Gasteiger partial charge on any atom is -0.368 e. The highest BCUT2D eigenvalue weighted by atomic mass is 35.5. The molecule has 2 N–H and O–H groups in total. The number of piperidine rings is 1. The second-order valence-electron chi connectivity index (χ2n) is 6.96. The molecule has 0 spiro atoms. The zero-order valence-corrected chi connectivity index (χ0v) is 16.6. The Kier molecular flexibility index (Phi) is 8.29. The van der Waals surface area contributed by atoms with Gasteiger partial charge >= 0.3 is 0 Å². The van der Waals surface area contributed by atoms with Crippen molar-refractivity contribution in [1.82, 2.24) is 10.6 Å². The van der Waals surface area contributed by atoms with Crippen LogP contribution in [0.5, 0.6) is 0 Å². The van der Waals surface area contributed by atoms with E-state index in [9.17, 15) is 4.79 Å². The molecule has 27 heavy (non-hydrogen) atoms. The van der Waals surface area contributed by atoms with Gasteiger partial charge < -0.3 is 15.4 Å².